The molecule has 2 aromatic carbocycles. The monoisotopic (exact) mass is 329 g/mol. The molecule has 0 fully saturated rings. The van der Waals surface area contributed by atoms with Gasteiger partial charge in [-0.15, -0.1) is 0 Å². The van der Waals surface area contributed by atoms with Gasteiger partial charge in [-0.25, -0.2) is 0 Å². The van der Waals surface area contributed by atoms with Gasteiger partial charge in [-0.3, -0.25) is 9.59 Å². The zero-order valence-corrected chi connectivity index (χ0v) is 13.5. The zero-order valence-electron chi connectivity index (χ0n) is 13.5. The molecule has 0 aromatic heterocycles. The molecule has 0 spiro atoms. The highest BCUT2D eigenvalue weighted by Crippen LogP contribution is 2.21. The molecule has 0 saturated heterocycles. The summed E-state index contributed by atoms with van der Waals surface area (Å²) in [7, 11) is 3.10. The normalized spacial score (nSPS) is 11.4. The van der Waals surface area contributed by atoms with E-state index >= 15 is 0 Å². The summed E-state index contributed by atoms with van der Waals surface area (Å²) in [6.45, 7) is 0.0444. The molecule has 1 amide bonds. The number of primary amides is 1. The standard InChI is InChI=1S/C18H19NO5/c1-22-14-7-3-12(4-8-14)11-24-18(21)16(17(19)20)13-5-9-15(23-2)10-6-13/h3-10,16H,11H2,1-2H3,(H2,19,20). The van der Waals surface area contributed by atoms with Gasteiger partial charge in [0.1, 0.15) is 18.1 Å². The van der Waals surface area contributed by atoms with Crippen molar-refractivity contribution in [1.82, 2.24) is 0 Å². The molecule has 126 valence electrons. The molecule has 2 rings (SSSR count). The Labute approximate surface area is 140 Å². The fraction of sp³-hybridized carbons (Fsp3) is 0.222. The Balaban J connectivity index is 2.06. The first-order valence-electron chi connectivity index (χ1n) is 7.28. The molecular formula is C18H19NO5. The number of benzene rings is 2. The van der Waals surface area contributed by atoms with Gasteiger partial charge in [0.05, 0.1) is 14.2 Å². The van der Waals surface area contributed by atoms with Crippen LogP contribution in [0.4, 0.5) is 0 Å². The first-order valence-corrected chi connectivity index (χ1v) is 7.28. The highest BCUT2D eigenvalue weighted by Gasteiger charge is 2.28. The van der Waals surface area contributed by atoms with Crippen molar-refractivity contribution in [3.63, 3.8) is 0 Å². The maximum atomic E-state index is 12.3. The summed E-state index contributed by atoms with van der Waals surface area (Å²) in [6, 6.07) is 13.6. The average Bonchev–Trinajstić information content (AvgIpc) is 2.61. The number of nitrogens with two attached hydrogens (primary N) is 1. The lowest BCUT2D eigenvalue weighted by Gasteiger charge is -2.14. The van der Waals surface area contributed by atoms with Gasteiger partial charge in [0.15, 0.2) is 5.92 Å². The number of carbonyl (C=O) groups excluding carboxylic acids is 2. The lowest BCUT2D eigenvalue weighted by Crippen LogP contribution is -2.29. The van der Waals surface area contributed by atoms with Gasteiger partial charge < -0.3 is 19.9 Å². The molecule has 0 aliphatic rings. The van der Waals surface area contributed by atoms with E-state index in [0.29, 0.717) is 17.1 Å². The molecule has 1 unspecified atom stereocenters. The Hall–Kier alpha value is -3.02. The first kappa shape index (κ1) is 17.3. The zero-order chi connectivity index (χ0) is 17.5. The molecule has 0 aliphatic heterocycles. The third kappa shape index (κ3) is 4.25. The van der Waals surface area contributed by atoms with Crippen molar-refractivity contribution in [3.05, 3.63) is 59.7 Å². The summed E-state index contributed by atoms with van der Waals surface area (Å²) < 4.78 is 15.3. The minimum absolute atomic E-state index is 0.0444. The number of carbonyl (C=O) groups is 2. The number of hydrogen-bond donors (Lipinski definition) is 1. The van der Waals surface area contributed by atoms with Crippen molar-refractivity contribution in [3.8, 4) is 11.5 Å². The highest BCUT2D eigenvalue weighted by molar-refractivity contribution is 6.02. The van der Waals surface area contributed by atoms with E-state index in [1.807, 2.05) is 0 Å². The Morgan fingerprint density at radius 2 is 1.42 bits per heavy atom. The Bertz CT molecular complexity index is 694. The molecule has 2 N–H and O–H groups in total. The highest BCUT2D eigenvalue weighted by atomic mass is 16.5. The van der Waals surface area contributed by atoms with Gasteiger partial charge in [0.25, 0.3) is 0 Å². The second-order valence-electron chi connectivity index (χ2n) is 5.06. The van der Waals surface area contributed by atoms with Gasteiger partial charge >= 0.3 is 5.97 Å². The number of rotatable bonds is 7. The summed E-state index contributed by atoms with van der Waals surface area (Å²) in [6.07, 6.45) is 0. The molecule has 1 atom stereocenters. The van der Waals surface area contributed by atoms with E-state index in [0.717, 1.165) is 5.56 Å². The minimum Gasteiger partial charge on any atom is -0.497 e. The third-order valence-electron chi connectivity index (χ3n) is 3.51. The Morgan fingerprint density at radius 1 is 0.917 bits per heavy atom. The smallest absolute Gasteiger partial charge is 0.323 e. The van der Waals surface area contributed by atoms with Crippen LogP contribution < -0.4 is 15.2 Å². The van der Waals surface area contributed by atoms with E-state index in [9.17, 15) is 9.59 Å². The van der Waals surface area contributed by atoms with Crippen LogP contribution in [0.1, 0.15) is 17.0 Å². The van der Waals surface area contributed by atoms with Gasteiger partial charge in [-0.2, -0.15) is 0 Å². The number of hydrogen-bond acceptors (Lipinski definition) is 5. The molecule has 0 saturated carbocycles. The largest absolute Gasteiger partial charge is 0.497 e. The van der Waals surface area contributed by atoms with Crippen LogP contribution in [-0.2, 0) is 20.9 Å². The van der Waals surface area contributed by atoms with Crippen LogP contribution in [0.25, 0.3) is 0 Å². The maximum Gasteiger partial charge on any atom is 0.323 e. The van der Waals surface area contributed by atoms with E-state index < -0.39 is 17.8 Å². The van der Waals surface area contributed by atoms with Crippen LogP contribution in [0.5, 0.6) is 11.5 Å². The SMILES string of the molecule is COc1ccc(COC(=O)C(C(N)=O)c2ccc(OC)cc2)cc1. The van der Waals surface area contributed by atoms with Crippen molar-refractivity contribution < 1.29 is 23.8 Å². The fourth-order valence-corrected chi connectivity index (χ4v) is 2.17. The molecule has 0 aliphatic carbocycles. The van der Waals surface area contributed by atoms with E-state index in [2.05, 4.69) is 0 Å². The van der Waals surface area contributed by atoms with E-state index in [-0.39, 0.29) is 6.61 Å². The van der Waals surface area contributed by atoms with Crippen LogP contribution in [0.3, 0.4) is 0 Å². The Kier molecular flexibility index (Phi) is 5.78. The number of methoxy groups -OCH3 is 2. The van der Waals surface area contributed by atoms with E-state index in [4.69, 9.17) is 19.9 Å². The number of amides is 1. The van der Waals surface area contributed by atoms with Crippen LogP contribution in [0.2, 0.25) is 0 Å². The minimum atomic E-state index is -1.16. The van der Waals surface area contributed by atoms with Crippen LogP contribution in [0, 0.1) is 0 Å². The molecule has 0 bridgehead atoms. The van der Waals surface area contributed by atoms with E-state index in [1.54, 1.807) is 55.6 Å². The predicted octanol–water partition coefficient (Wildman–Crippen LogP) is 2.02. The topological polar surface area (TPSA) is 87.9 Å². The third-order valence-corrected chi connectivity index (χ3v) is 3.51. The van der Waals surface area contributed by atoms with Crippen LogP contribution in [-0.4, -0.2) is 26.1 Å². The second kappa shape index (κ2) is 8.01. The van der Waals surface area contributed by atoms with E-state index in [1.165, 1.54) is 7.11 Å². The number of ether oxygens (including phenoxy) is 3. The predicted molar refractivity (Wildman–Crippen MR) is 87.7 cm³/mol. The van der Waals surface area contributed by atoms with Gasteiger partial charge in [0.2, 0.25) is 5.91 Å². The maximum absolute atomic E-state index is 12.3. The molecular weight excluding hydrogens is 310 g/mol. The molecule has 24 heavy (non-hydrogen) atoms. The lowest BCUT2D eigenvalue weighted by molar-refractivity contribution is -0.149. The second-order valence-corrected chi connectivity index (χ2v) is 5.06. The van der Waals surface area contributed by atoms with Crippen molar-refractivity contribution in [2.75, 3.05) is 14.2 Å². The summed E-state index contributed by atoms with van der Waals surface area (Å²) >= 11 is 0. The van der Waals surface area contributed by atoms with Crippen molar-refractivity contribution in [1.29, 1.82) is 0 Å². The molecule has 6 heteroatoms. The fourth-order valence-electron chi connectivity index (χ4n) is 2.17. The molecule has 0 radical (unpaired) electrons. The quantitative estimate of drug-likeness (QED) is 0.620. The summed E-state index contributed by atoms with van der Waals surface area (Å²) in [4.78, 5) is 23.9. The lowest BCUT2D eigenvalue weighted by atomic mass is 9.98. The first-order chi connectivity index (χ1) is 11.5. The van der Waals surface area contributed by atoms with Crippen molar-refractivity contribution in [2.45, 2.75) is 12.5 Å². The summed E-state index contributed by atoms with van der Waals surface area (Å²) in [5, 5.41) is 0. The summed E-state index contributed by atoms with van der Waals surface area (Å²) in [5.41, 5.74) is 6.60. The van der Waals surface area contributed by atoms with Crippen molar-refractivity contribution >= 4 is 11.9 Å². The van der Waals surface area contributed by atoms with Gasteiger partial charge in [-0.1, -0.05) is 24.3 Å². The molecule has 2 aromatic rings. The van der Waals surface area contributed by atoms with Gasteiger partial charge in [0, 0.05) is 0 Å². The van der Waals surface area contributed by atoms with Crippen LogP contribution >= 0.6 is 0 Å². The average molecular weight is 329 g/mol. The number of esters is 1. The molecule has 0 heterocycles. The van der Waals surface area contributed by atoms with Gasteiger partial charge in [-0.05, 0) is 35.4 Å². The van der Waals surface area contributed by atoms with Crippen LogP contribution in [0.15, 0.2) is 48.5 Å². The summed E-state index contributed by atoms with van der Waals surface area (Å²) in [5.74, 6) is -1.29. The molecule has 6 nitrogen and oxygen atoms in total. The van der Waals surface area contributed by atoms with Crippen molar-refractivity contribution in [2.24, 2.45) is 5.73 Å². The Morgan fingerprint density at radius 3 is 1.88 bits per heavy atom.